The van der Waals surface area contributed by atoms with Crippen molar-refractivity contribution in [1.29, 1.82) is 0 Å². The highest BCUT2D eigenvalue weighted by molar-refractivity contribution is 6.32. The first kappa shape index (κ1) is 14.1. The van der Waals surface area contributed by atoms with Gasteiger partial charge in [-0.2, -0.15) is 0 Å². The van der Waals surface area contributed by atoms with E-state index in [4.69, 9.17) is 11.6 Å². The van der Waals surface area contributed by atoms with Gasteiger partial charge in [0.05, 0.1) is 5.69 Å². The van der Waals surface area contributed by atoms with Crippen molar-refractivity contribution < 1.29 is 4.79 Å². The SMILES string of the molecule is O=C(NCCC1CCCCC1)Nc1cccnc1Cl. The topological polar surface area (TPSA) is 54.0 Å². The second-order valence-corrected chi connectivity index (χ2v) is 5.37. The molecule has 0 radical (unpaired) electrons. The van der Waals surface area contributed by atoms with Crippen LogP contribution < -0.4 is 10.6 Å². The third kappa shape index (κ3) is 4.71. The maximum absolute atomic E-state index is 11.7. The fourth-order valence-electron chi connectivity index (χ4n) is 2.51. The molecule has 1 fully saturated rings. The highest BCUT2D eigenvalue weighted by atomic mass is 35.5. The number of urea groups is 1. The van der Waals surface area contributed by atoms with Gasteiger partial charge >= 0.3 is 6.03 Å². The van der Waals surface area contributed by atoms with Gasteiger partial charge in [-0.15, -0.1) is 0 Å². The van der Waals surface area contributed by atoms with E-state index in [1.54, 1.807) is 18.3 Å². The van der Waals surface area contributed by atoms with Crippen LogP contribution in [-0.2, 0) is 0 Å². The monoisotopic (exact) mass is 281 g/mol. The molecule has 0 unspecified atom stereocenters. The lowest BCUT2D eigenvalue weighted by Crippen LogP contribution is -2.30. The Labute approximate surface area is 118 Å². The molecule has 1 aromatic heterocycles. The number of carbonyl (C=O) groups is 1. The summed E-state index contributed by atoms with van der Waals surface area (Å²) in [5.41, 5.74) is 0.541. The highest BCUT2D eigenvalue weighted by Crippen LogP contribution is 2.25. The first-order valence-corrected chi connectivity index (χ1v) is 7.29. The molecule has 0 aromatic carbocycles. The van der Waals surface area contributed by atoms with E-state index in [9.17, 15) is 4.79 Å². The molecule has 1 saturated carbocycles. The lowest BCUT2D eigenvalue weighted by Gasteiger charge is -2.21. The largest absolute Gasteiger partial charge is 0.338 e. The van der Waals surface area contributed by atoms with Gasteiger partial charge in [-0.3, -0.25) is 0 Å². The minimum atomic E-state index is -0.217. The van der Waals surface area contributed by atoms with Gasteiger partial charge in [0.15, 0.2) is 5.15 Å². The molecular formula is C14H20ClN3O. The number of nitrogens with one attached hydrogen (secondary N) is 2. The first-order chi connectivity index (χ1) is 9.25. The smallest absolute Gasteiger partial charge is 0.319 e. The van der Waals surface area contributed by atoms with Crippen molar-refractivity contribution in [2.75, 3.05) is 11.9 Å². The molecule has 2 N–H and O–H groups in total. The molecule has 104 valence electrons. The number of rotatable bonds is 4. The number of pyridine rings is 1. The van der Waals surface area contributed by atoms with Gasteiger partial charge in [0.2, 0.25) is 0 Å². The zero-order valence-corrected chi connectivity index (χ0v) is 11.7. The summed E-state index contributed by atoms with van der Waals surface area (Å²) in [5.74, 6) is 0.774. The number of hydrogen-bond donors (Lipinski definition) is 2. The summed E-state index contributed by atoms with van der Waals surface area (Å²) in [6.45, 7) is 0.717. The van der Waals surface area contributed by atoms with Crippen molar-refractivity contribution in [3.63, 3.8) is 0 Å². The van der Waals surface area contributed by atoms with Crippen LogP contribution in [-0.4, -0.2) is 17.6 Å². The van der Waals surface area contributed by atoms with Crippen LogP contribution in [0.15, 0.2) is 18.3 Å². The fraction of sp³-hybridized carbons (Fsp3) is 0.571. The van der Waals surface area contributed by atoms with Crippen LogP contribution in [0.2, 0.25) is 5.15 Å². The molecule has 19 heavy (non-hydrogen) atoms. The predicted molar refractivity (Wildman–Crippen MR) is 77.5 cm³/mol. The van der Waals surface area contributed by atoms with Gasteiger partial charge in [-0.05, 0) is 24.5 Å². The molecule has 1 aromatic rings. The Hall–Kier alpha value is -1.29. The van der Waals surface area contributed by atoms with E-state index >= 15 is 0 Å². The first-order valence-electron chi connectivity index (χ1n) is 6.91. The molecule has 1 heterocycles. The summed E-state index contributed by atoms with van der Waals surface area (Å²) < 4.78 is 0. The minimum absolute atomic E-state index is 0.217. The van der Waals surface area contributed by atoms with E-state index in [2.05, 4.69) is 15.6 Å². The average Bonchev–Trinajstić information content (AvgIpc) is 2.43. The van der Waals surface area contributed by atoms with Gasteiger partial charge in [0.25, 0.3) is 0 Å². The summed E-state index contributed by atoms with van der Waals surface area (Å²) in [5, 5.41) is 5.88. The van der Waals surface area contributed by atoms with Crippen molar-refractivity contribution in [3.8, 4) is 0 Å². The van der Waals surface area contributed by atoms with Gasteiger partial charge in [-0.25, -0.2) is 9.78 Å². The van der Waals surface area contributed by atoms with E-state index < -0.39 is 0 Å². The van der Waals surface area contributed by atoms with Crippen molar-refractivity contribution in [1.82, 2.24) is 10.3 Å². The zero-order chi connectivity index (χ0) is 13.5. The Balaban J connectivity index is 1.68. The second-order valence-electron chi connectivity index (χ2n) is 5.02. The summed E-state index contributed by atoms with van der Waals surface area (Å²) in [7, 11) is 0. The van der Waals surface area contributed by atoms with E-state index in [0.717, 1.165) is 12.3 Å². The van der Waals surface area contributed by atoms with E-state index in [1.807, 2.05) is 0 Å². The van der Waals surface area contributed by atoms with Gasteiger partial charge in [0, 0.05) is 12.7 Å². The van der Waals surface area contributed by atoms with Crippen LogP contribution >= 0.6 is 11.6 Å². The lowest BCUT2D eigenvalue weighted by atomic mass is 9.87. The standard InChI is InChI=1S/C14H20ClN3O/c15-13-12(7-4-9-16-13)18-14(19)17-10-8-11-5-2-1-3-6-11/h4,7,9,11H,1-3,5-6,8,10H2,(H2,17,18,19). The average molecular weight is 282 g/mol. The quantitative estimate of drug-likeness (QED) is 0.824. The number of amides is 2. The minimum Gasteiger partial charge on any atom is -0.338 e. The molecule has 0 aliphatic heterocycles. The Bertz CT molecular complexity index is 419. The van der Waals surface area contributed by atoms with Crippen molar-refractivity contribution in [3.05, 3.63) is 23.5 Å². The molecule has 2 rings (SSSR count). The van der Waals surface area contributed by atoms with E-state index in [0.29, 0.717) is 17.4 Å². The molecule has 0 bridgehead atoms. The zero-order valence-electron chi connectivity index (χ0n) is 11.0. The molecule has 0 atom stereocenters. The number of anilines is 1. The van der Waals surface area contributed by atoms with Crippen molar-refractivity contribution in [2.45, 2.75) is 38.5 Å². The second kappa shape index (κ2) is 7.34. The number of aromatic nitrogens is 1. The summed E-state index contributed by atoms with van der Waals surface area (Å²) in [4.78, 5) is 15.6. The summed E-state index contributed by atoms with van der Waals surface area (Å²) in [6, 6.07) is 3.25. The highest BCUT2D eigenvalue weighted by Gasteiger charge is 2.13. The summed E-state index contributed by atoms with van der Waals surface area (Å²) in [6.07, 6.45) is 9.30. The molecule has 0 spiro atoms. The maximum Gasteiger partial charge on any atom is 0.319 e. The number of carbonyl (C=O) groups excluding carboxylic acids is 1. The van der Waals surface area contributed by atoms with Gasteiger partial charge < -0.3 is 10.6 Å². The van der Waals surface area contributed by atoms with Crippen molar-refractivity contribution >= 4 is 23.3 Å². The van der Waals surface area contributed by atoms with Crippen LogP contribution in [0.1, 0.15) is 38.5 Å². The van der Waals surface area contributed by atoms with E-state index in [1.165, 1.54) is 32.1 Å². The molecule has 0 saturated heterocycles. The number of hydrogen-bond acceptors (Lipinski definition) is 2. The molecule has 1 aliphatic rings. The van der Waals surface area contributed by atoms with Crippen LogP contribution in [0.4, 0.5) is 10.5 Å². The van der Waals surface area contributed by atoms with E-state index in [-0.39, 0.29) is 6.03 Å². The Morgan fingerprint density at radius 3 is 2.89 bits per heavy atom. The molecule has 2 amide bonds. The van der Waals surface area contributed by atoms with Gasteiger partial charge in [-0.1, -0.05) is 43.7 Å². The summed E-state index contributed by atoms with van der Waals surface area (Å²) >= 11 is 5.87. The molecular weight excluding hydrogens is 262 g/mol. The Morgan fingerprint density at radius 1 is 1.37 bits per heavy atom. The number of halogens is 1. The normalized spacial score (nSPS) is 16.1. The fourth-order valence-corrected chi connectivity index (χ4v) is 2.68. The van der Waals surface area contributed by atoms with Crippen LogP contribution in [0, 0.1) is 5.92 Å². The predicted octanol–water partition coefficient (Wildman–Crippen LogP) is 3.83. The third-order valence-corrected chi connectivity index (χ3v) is 3.87. The Kier molecular flexibility index (Phi) is 5.45. The van der Waals surface area contributed by atoms with Crippen molar-refractivity contribution in [2.24, 2.45) is 5.92 Å². The van der Waals surface area contributed by atoms with Gasteiger partial charge in [0.1, 0.15) is 0 Å². The molecule has 1 aliphatic carbocycles. The van der Waals surface area contributed by atoms with Crippen LogP contribution in [0.3, 0.4) is 0 Å². The number of nitrogens with zero attached hydrogens (tertiary/aromatic N) is 1. The molecule has 5 heteroatoms. The van der Waals surface area contributed by atoms with Crippen LogP contribution in [0.5, 0.6) is 0 Å². The lowest BCUT2D eigenvalue weighted by molar-refractivity contribution is 0.250. The third-order valence-electron chi connectivity index (χ3n) is 3.57. The van der Waals surface area contributed by atoms with Crippen LogP contribution in [0.25, 0.3) is 0 Å². The maximum atomic E-state index is 11.7. The molecule has 4 nitrogen and oxygen atoms in total. The Morgan fingerprint density at radius 2 is 2.16 bits per heavy atom.